The standard InChI is InChI=1S/C15H21NO3/c1-5-15(3,4)14(19)16-12-8-6-7-11(9-12)10(2)13(17)18/h6-10H,5H2,1-4H3,(H,16,19)(H,17,18). The third-order valence-electron chi connectivity index (χ3n) is 3.51. The van der Waals surface area contributed by atoms with Crippen LogP contribution in [0.1, 0.15) is 45.6 Å². The van der Waals surface area contributed by atoms with Crippen molar-refractivity contribution < 1.29 is 14.7 Å². The van der Waals surface area contributed by atoms with Crippen LogP contribution in [0.15, 0.2) is 24.3 Å². The first kappa shape index (κ1) is 15.2. The SMILES string of the molecule is CCC(C)(C)C(=O)Nc1cccc(C(C)C(=O)O)c1. The number of carbonyl (C=O) groups is 2. The fraction of sp³-hybridized carbons (Fsp3) is 0.467. The van der Waals surface area contributed by atoms with E-state index in [0.29, 0.717) is 11.3 Å². The Hall–Kier alpha value is -1.84. The van der Waals surface area contributed by atoms with Gasteiger partial charge < -0.3 is 10.4 Å². The monoisotopic (exact) mass is 263 g/mol. The zero-order chi connectivity index (χ0) is 14.6. The van der Waals surface area contributed by atoms with Gasteiger partial charge in [0, 0.05) is 11.1 Å². The molecule has 1 atom stereocenters. The molecule has 0 fully saturated rings. The lowest BCUT2D eigenvalue weighted by molar-refractivity contribution is -0.138. The number of hydrogen-bond acceptors (Lipinski definition) is 2. The zero-order valence-corrected chi connectivity index (χ0v) is 11.9. The molecular weight excluding hydrogens is 242 g/mol. The fourth-order valence-electron chi connectivity index (χ4n) is 1.49. The summed E-state index contributed by atoms with van der Waals surface area (Å²) in [5.41, 5.74) is 0.880. The predicted octanol–water partition coefficient (Wildman–Crippen LogP) is 3.25. The summed E-state index contributed by atoms with van der Waals surface area (Å²) in [5, 5.41) is 11.8. The summed E-state index contributed by atoms with van der Waals surface area (Å²) in [4.78, 5) is 23.0. The van der Waals surface area contributed by atoms with Gasteiger partial charge in [-0.25, -0.2) is 0 Å². The fourth-order valence-corrected chi connectivity index (χ4v) is 1.49. The molecule has 1 aromatic carbocycles. The van der Waals surface area contributed by atoms with Crippen LogP contribution < -0.4 is 5.32 Å². The summed E-state index contributed by atoms with van der Waals surface area (Å²) >= 11 is 0. The van der Waals surface area contributed by atoms with E-state index in [1.165, 1.54) is 0 Å². The van der Waals surface area contributed by atoms with E-state index >= 15 is 0 Å². The molecule has 0 saturated heterocycles. The van der Waals surface area contributed by atoms with Crippen molar-refractivity contribution in [1.82, 2.24) is 0 Å². The third-order valence-corrected chi connectivity index (χ3v) is 3.51. The molecule has 0 heterocycles. The van der Waals surface area contributed by atoms with Gasteiger partial charge in [-0.3, -0.25) is 9.59 Å². The van der Waals surface area contributed by atoms with Crippen LogP contribution >= 0.6 is 0 Å². The molecule has 0 aliphatic carbocycles. The number of anilines is 1. The number of carboxylic acids is 1. The molecule has 1 unspecified atom stereocenters. The molecule has 2 N–H and O–H groups in total. The number of rotatable bonds is 5. The van der Waals surface area contributed by atoms with E-state index in [9.17, 15) is 9.59 Å². The third kappa shape index (κ3) is 3.81. The van der Waals surface area contributed by atoms with Gasteiger partial charge in [0.25, 0.3) is 0 Å². The van der Waals surface area contributed by atoms with Crippen LogP contribution in [0.3, 0.4) is 0 Å². The molecular formula is C15H21NO3. The average molecular weight is 263 g/mol. The first-order valence-electron chi connectivity index (χ1n) is 6.42. The average Bonchev–Trinajstić information content (AvgIpc) is 2.37. The smallest absolute Gasteiger partial charge is 0.310 e. The zero-order valence-electron chi connectivity index (χ0n) is 11.9. The summed E-state index contributed by atoms with van der Waals surface area (Å²) < 4.78 is 0. The van der Waals surface area contributed by atoms with Crippen LogP contribution in [0.2, 0.25) is 0 Å². The Balaban J connectivity index is 2.89. The van der Waals surface area contributed by atoms with Crippen molar-refractivity contribution in [2.45, 2.75) is 40.0 Å². The van der Waals surface area contributed by atoms with E-state index < -0.39 is 17.3 Å². The van der Waals surface area contributed by atoms with Gasteiger partial charge in [0.2, 0.25) is 5.91 Å². The van der Waals surface area contributed by atoms with E-state index in [1.54, 1.807) is 31.2 Å². The van der Waals surface area contributed by atoms with Crippen LogP contribution in [0.5, 0.6) is 0 Å². The van der Waals surface area contributed by atoms with E-state index in [0.717, 1.165) is 6.42 Å². The van der Waals surface area contributed by atoms with Crippen molar-refractivity contribution in [2.75, 3.05) is 5.32 Å². The summed E-state index contributed by atoms with van der Waals surface area (Å²) in [5.74, 6) is -1.52. The van der Waals surface area contributed by atoms with Crippen molar-refractivity contribution in [3.8, 4) is 0 Å². The maximum absolute atomic E-state index is 12.1. The number of hydrogen-bond donors (Lipinski definition) is 2. The molecule has 1 amide bonds. The van der Waals surface area contributed by atoms with Gasteiger partial charge in [-0.05, 0) is 31.0 Å². The molecule has 1 aromatic rings. The van der Waals surface area contributed by atoms with Gasteiger partial charge in [0.15, 0.2) is 0 Å². The lowest BCUT2D eigenvalue weighted by atomic mass is 9.89. The Morgan fingerprint density at radius 3 is 2.53 bits per heavy atom. The normalized spacial score (nSPS) is 12.8. The number of amides is 1. The summed E-state index contributed by atoms with van der Waals surface area (Å²) in [7, 11) is 0. The maximum Gasteiger partial charge on any atom is 0.310 e. The van der Waals surface area contributed by atoms with Crippen LogP contribution in [0, 0.1) is 5.41 Å². The summed E-state index contributed by atoms with van der Waals surface area (Å²) in [6.45, 7) is 7.35. The maximum atomic E-state index is 12.1. The Morgan fingerprint density at radius 2 is 2.00 bits per heavy atom. The lowest BCUT2D eigenvalue weighted by Crippen LogP contribution is -2.30. The molecule has 1 rings (SSSR count). The van der Waals surface area contributed by atoms with Crippen molar-refractivity contribution >= 4 is 17.6 Å². The lowest BCUT2D eigenvalue weighted by Gasteiger charge is -2.21. The minimum absolute atomic E-state index is 0.0601. The second-order valence-corrected chi connectivity index (χ2v) is 5.38. The number of benzene rings is 1. The van der Waals surface area contributed by atoms with Crippen LogP contribution in [0.4, 0.5) is 5.69 Å². The number of carboxylic acid groups (broad SMARTS) is 1. The van der Waals surface area contributed by atoms with Crippen molar-refractivity contribution in [2.24, 2.45) is 5.41 Å². The van der Waals surface area contributed by atoms with E-state index in [2.05, 4.69) is 5.32 Å². The van der Waals surface area contributed by atoms with Gasteiger partial charge in [-0.2, -0.15) is 0 Å². The summed E-state index contributed by atoms with van der Waals surface area (Å²) in [6.07, 6.45) is 0.740. The number of nitrogens with one attached hydrogen (secondary N) is 1. The Kier molecular flexibility index (Phi) is 4.70. The van der Waals surface area contributed by atoms with Crippen LogP contribution in [-0.2, 0) is 9.59 Å². The van der Waals surface area contributed by atoms with Crippen LogP contribution in [-0.4, -0.2) is 17.0 Å². The molecule has 0 spiro atoms. The van der Waals surface area contributed by atoms with E-state index in [1.807, 2.05) is 20.8 Å². The molecule has 0 saturated carbocycles. The first-order chi connectivity index (χ1) is 8.77. The number of carbonyl (C=O) groups excluding carboxylic acids is 1. The minimum Gasteiger partial charge on any atom is -0.481 e. The minimum atomic E-state index is -0.877. The Bertz CT molecular complexity index is 480. The molecule has 0 bridgehead atoms. The first-order valence-corrected chi connectivity index (χ1v) is 6.42. The molecule has 0 aromatic heterocycles. The Morgan fingerprint density at radius 1 is 1.37 bits per heavy atom. The topological polar surface area (TPSA) is 66.4 Å². The highest BCUT2D eigenvalue weighted by Gasteiger charge is 2.25. The second kappa shape index (κ2) is 5.87. The van der Waals surface area contributed by atoms with Gasteiger partial charge in [0.05, 0.1) is 5.92 Å². The largest absolute Gasteiger partial charge is 0.481 e. The van der Waals surface area contributed by atoms with Gasteiger partial charge in [-0.1, -0.05) is 32.9 Å². The highest BCUT2D eigenvalue weighted by atomic mass is 16.4. The van der Waals surface area contributed by atoms with Gasteiger partial charge in [0.1, 0.15) is 0 Å². The van der Waals surface area contributed by atoms with Crippen LogP contribution in [0.25, 0.3) is 0 Å². The second-order valence-electron chi connectivity index (χ2n) is 5.38. The highest BCUT2D eigenvalue weighted by molar-refractivity contribution is 5.94. The Labute approximate surface area is 113 Å². The summed E-state index contributed by atoms with van der Waals surface area (Å²) in [6, 6.07) is 6.98. The molecule has 0 aliphatic heterocycles. The van der Waals surface area contributed by atoms with E-state index in [-0.39, 0.29) is 5.91 Å². The van der Waals surface area contributed by atoms with E-state index in [4.69, 9.17) is 5.11 Å². The van der Waals surface area contributed by atoms with Crippen molar-refractivity contribution in [3.05, 3.63) is 29.8 Å². The molecule has 19 heavy (non-hydrogen) atoms. The molecule has 4 heteroatoms. The molecule has 4 nitrogen and oxygen atoms in total. The van der Waals surface area contributed by atoms with Crippen molar-refractivity contribution in [3.63, 3.8) is 0 Å². The quantitative estimate of drug-likeness (QED) is 0.857. The van der Waals surface area contributed by atoms with Crippen molar-refractivity contribution in [1.29, 1.82) is 0 Å². The predicted molar refractivity (Wildman–Crippen MR) is 75.2 cm³/mol. The molecule has 0 radical (unpaired) electrons. The molecule has 0 aliphatic rings. The van der Waals surface area contributed by atoms with Gasteiger partial charge in [-0.15, -0.1) is 0 Å². The number of aliphatic carboxylic acids is 1. The molecule has 104 valence electrons. The highest BCUT2D eigenvalue weighted by Crippen LogP contribution is 2.24. The van der Waals surface area contributed by atoms with Gasteiger partial charge >= 0.3 is 5.97 Å².